The molecule has 78 valence electrons. The number of hydrogen-bond acceptors (Lipinski definition) is 2. The van der Waals surface area contributed by atoms with Gasteiger partial charge in [0, 0.05) is 19.5 Å². The third-order valence-electron chi connectivity index (χ3n) is 1.90. The van der Waals surface area contributed by atoms with E-state index < -0.39 is 17.6 Å². The van der Waals surface area contributed by atoms with E-state index in [1.807, 2.05) is 0 Å². The number of hydrogen-bond donors (Lipinski definition) is 1. The molecule has 0 aliphatic rings. The highest BCUT2D eigenvalue weighted by atomic mass is 19.3. The van der Waals surface area contributed by atoms with Gasteiger partial charge in [-0.05, 0) is 6.92 Å². The average molecular weight is 204 g/mol. The molecule has 0 unspecified atom stereocenters. The van der Waals surface area contributed by atoms with Crippen molar-refractivity contribution in [1.82, 2.24) is 9.78 Å². The first-order valence-corrected chi connectivity index (χ1v) is 3.90. The van der Waals surface area contributed by atoms with Crippen molar-refractivity contribution in [2.75, 3.05) is 0 Å². The number of aromatic nitrogens is 2. The predicted octanol–water partition coefficient (Wildman–Crippen LogP) is 1.54. The van der Waals surface area contributed by atoms with E-state index in [1.165, 1.54) is 14.0 Å². The molecule has 4 nitrogen and oxygen atoms in total. The van der Waals surface area contributed by atoms with E-state index in [-0.39, 0.29) is 11.3 Å². The molecule has 0 bridgehead atoms. The fraction of sp³-hybridized carbons (Fsp3) is 0.500. The number of carboxylic acids is 1. The van der Waals surface area contributed by atoms with Gasteiger partial charge in [0.15, 0.2) is 0 Å². The van der Waals surface area contributed by atoms with Crippen LogP contribution in [0.25, 0.3) is 0 Å². The molecular formula is C8H10F2N2O2. The smallest absolute Gasteiger partial charge is 0.354 e. The molecular weight excluding hydrogens is 194 g/mol. The maximum atomic E-state index is 12.9. The highest BCUT2D eigenvalue weighted by Gasteiger charge is 2.33. The van der Waals surface area contributed by atoms with E-state index in [0.29, 0.717) is 6.92 Å². The van der Waals surface area contributed by atoms with Crippen molar-refractivity contribution in [2.24, 2.45) is 7.05 Å². The Bertz CT molecular complexity index is 379. The molecule has 0 aromatic carbocycles. The van der Waals surface area contributed by atoms with Crippen LogP contribution in [0.3, 0.4) is 0 Å². The van der Waals surface area contributed by atoms with Crippen molar-refractivity contribution in [1.29, 1.82) is 0 Å². The quantitative estimate of drug-likeness (QED) is 0.794. The fourth-order valence-electron chi connectivity index (χ4n) is 1.35. The maximum absolute atomic E-state index is 12.9. The van der Waals surface area contributed by atoms with Crippen molar-refractivity contribution in [3.05, 3.63) is 17.0 Å². The maximum Gasteiger partial charge on any atom is 0.354 e. The van der Waals surface area contributed by atoms with Gasteiger partial charge >= 0.3 is 5.97 Å². The fourth-order valence-corrected chi connectivity index (χ4v) is 1.35. The molecule has 0 saturated heterocycles. The van der Waals surface area contributed by atoms with Crippen LogP contribution in [0.15, 0.2) is 0 Å². The number of halogens is 2. The number of carboxylic acid groups (broad SMARTS) is 1. The van der Waals surface area contributed by atoms with E-state index in [1.54, 1.807) is 0 Å². The van der Waals surface area contributed by atoms with Gasteiger partial charge in [0.2, 0.25) is 0 Å². The molecule has 1 rings (SSSR count). The van der Waals surface area contributed by atoms with Crippen LogP contribution in [0, 0.1) is 6.92 Å². The van der Waals surface area contributed by atoms with Crippen LogP contribution in [0.4, 0.5) is 8.78 Å². The normalized spacial score (nSPS) is 11.8. The molecule has 1 heterocycles. The summed E-state index contributed by atoms with van der Waals surface area (Å²) in [4.78, 5) is 10.7. The summed E-state index contributed by atoms with van der Waals surface area (Å²) in [7, 11) is 1.33. The summed E-state index contributed by atoms with van der Waals surface area (Å²) in [6, 6.07) is 0. The van der Waals surface area contributed by atoms with E-state index in [4.69, 9.17) is 5.11 Å². The summed E-state index contributed by atoms with van der Waals surface area (Å²) >= 11 is 0. The Hall–Kier alpha value is -1.46. The van der Waals surface area contributed by atoms with Gasteiger partial charge < -0.3 is 5.11 Å². The Labute approximate surface area is 79.2 Å². The molecule has 0 spiro atoms. The third-order valence-corrected chi connectivity index (χ3v) is 1.90. The zero-order valence-electron chi connectivity index (χ0n) is 8.01. The van der Waals surface area contributed by atoms with Gasteiger partial charge in [-0.1, -0.05) is 0 Å². The minimum Gasteiger partial charge on any atom is -0.477 e. The van der Waals surface area contributed by atoms with Gasteiger partial charge in [0.25, 0.3) is 5.92 Å². The SMILES string of the molecule is Cc1c(C(C)(F)F)nn(C)c1C(=O)O. The largest absolute Gasteiger partial charge is 0.477 e. The summed E-state index contributed by atoms with van der Waals surface area (Å²) in [5, 5.41) is 12.2. The minimum absolute atomic E-state index is 0.00694. The van der Waals surface area contributed by atoms with Gasteiger partial charge in [-0.3, -0.25) is 4.68 Å². The van der Waals surface area contributed by atoms with Crippen molar-refractivity contribution in [3.8, 4) is 0 Å². The highest BCUT2D eigenvalue weighted by molar-refractivity contribution is 5.87. The monoisotopic (exact) mass is 204 g/mol. The second-order valence-electron chi connectivity index (χ2n) is 3.14. The van der Waals surface area contributed by atoms with Crippen LogP contribution in [-0.2, 0) is 13.0 Å². The molecule has 0 aliphatic heterocycles. The Morgan fingerprint density at radius 3 is 2.29 bits per heavy atom. The zero-order valence-corrected chi connectivity index (χ0v) is 8.01. The standard InChI is InChI=1S/C8H10F2N2O2/c1-4-5(7(13)14)12(3)11-6(4)8(2,9)10/h1-3H3,(H,13,14). The molecule has 14 heavy (non-hydrogen) atoms. The van der Waals surface area contributed by atoms with Gasteiger partial charge in [-0.25, -0.2) is 4.79 Å². The summed E-state index contributed by atoms with van der Waals surface area (Å²) in [5.74, 6) is -4.37. The average Bonchev–Trinajstić information content (AvgIpc) is 2.24. The summed E-state index contributed by atoms with van der Waals surface area (Å²) < 4.78 is 26.8. The second kappa shape index (κ2) is 3.04. The Morgan fingerprint density at radius 2 is 2.07 bits per heavy atom. The lowest BCUT2D eigenvalue weighted by atomic mass is 10.1. The van der Waals surface area contributed by atoms with Crippen LogP contribution in [-0.4, -0.2) is 20.9 Å². The molecule has 0 radical (unpaired) electrons. The Morgan fingerprint density at radius 1 is 1.57 bits per heavy atom. The lowest BCUT2D eigenvalue weighted by molar-refractivity contribution is 0.0116. The van der Waals surface area contributed by atoms with Crippen LogP contribution >= 0.6 is 0 Å². The van der Waals surface area contributed by atoms with Crippen molar-refractivity contribution in [2.45, 2.75) is 19.8 Å². The van der Waals surface area contributed by atoms with E-state index in [0.717, 1.165) is 4.68 Å². The van der Waals surface area contributed by atoms with Crippen LogP contribution in [0.1, 0.15) is 28.7 Å². The van der Waals surface area contributed by atoms with Crippen LogP contribution < -0.4 is 0 Å². The van der Waals surface area contributed by atoms with Gasteiger partial charge in [0.05, 0.1) is 0 Å². The summed E-state index contributed by atoms with van der Waals surface area (Å²) in [6.07, 6.45) is 0. The first-order chi connectivity index (χ1) is 6.25. The van der Waals surface area contributed by atoms with Crippen molar-refractivity contribution in [3.63, 3.8) is 0 Å². The topological polar surface area (TPSA) is 55.1 Å². The molecule has 0 aliphatic carbocycles. The Kier molecular flexibility index (Phi) is 2.31. The molecule has 1 N–H and O–H groups in total. The predicted molar refractivity (Wildman–Crippen MR) is 44.5 cm³/mol. The lowest BCUT2D eigenvalue weighted by Gasteiger charge is -2.06. The Balaban J connectivity index is 3.39. The first kappa shape index (κ1) is 10.6. The number of aromatic carboxylic acids is 1. The molecule has 0 atom stereocenters. The molecule has 0 fully saturated rings. The van der Waals surface area contributed by atoms with Gasteiger partial charge in [-0.15, -0.1) is 0 Å². The van der Waals surface area contributed by atoms with Gasteiger partial charge in [0.1, 0.15) is 11.4 Å². The summed E-state index contributed by atoms with van der Waals surface area (Å²) in [5.41, 5.74) is -0.688. The van der Waals surface area contributed by atoms with E-state index in [2.05, 4.69) is 5.10 Å². The third kappa shape index (κ3) is 1.59. The first-order valence-electron chi connectivity index (χ1n) is 3.90. The number of rotatable bonds is 2. The highest BCUT2D eigenvalue weighted by Crippen LogP contribution is 2.29. The lowest BCUT2D eigenvalue weighted by Crippen LogP contribution is -2.10. The van der Waals surface area contributed by atoms with Crippen molar-refractivity contribution < 1.29 is 18.7 Å². The van der Waals surface area contributed by atoms with E-state index in [9.17, 15) is 13.6 Å². The van der Waals surface area contributed by atoms with Gasteiger partial charge in [-0.2, -0.15) is 13.9 Å². The molecule has 1 aromatic rings. The van der Waals surface area contributed by atoms with E-state index >= 15 is 0 Å². The zero-order chi connectivity index (χ0) is 11.1. The molecule has 0 amide bonds. The number of carbonyl (C=O) groups is 1. The molecule has 6 heteroatoms. The number of aryl methyl sites for hydroxylation is 1. The van der Waals surface area contributed by atoms with Crippen molar-refractivity contribution >= 4 is 5.97 Å². The number of alkyl halides is 2. The summed E-state index contributed by atoms with van der Waals surface area (Å²) in [6.45, 7) is 2.01. The van der Waals surface area contributed by atoms with Crippen LogP contribution in [0.5, 0.6) is 0 Å². The van der Waals surface area contributed by atoms with Crippen LogP contribution in [0.2, 0.25) is 0 Å². The second-order valence-corrected chi connectivity index (χ2v) is 3.14. The molecule has 1 aromatic heterocycles. The molecule has 0 saturated carbocycles. The minimum atomic E-state index is -3.12. The number of nitrogens with zero attached hydrogens (tertiary/aromatic N) is 2.